The Morgan fingerprint density at radius 1 is 1.03 bits per heavy atom. The molecule has 5 rings (SSSR count). The van der Waals surface area contributed by atoms with Gasteiger partial charge in [0.05, 0.1) is 16.6 Å². The van der Waals surface area contributed by atoms with Crippen molar-refractivity contribution >= 4 is 46.0 Å². The fraction of sp³-hybridized carbons (Fsp3) is 0.261. The van der Waals surface area contributed by atoms with E-state index in [0.29, 0.717) is 39.6 Å². The Morgan fingerprint density at radius 2 is 1.78 bits per heavy atom. The summed E-state index contributed by atoms with van der Waals surface area (Å²) in [6.45, 7) is 3.66. The second-order valence-corrected chi connectivity index (χ2v) is 9.04. The SMILES string of the molecule is C[C@H]1CN(c2ccccc2)c2nc3c(c(=O)n(Cc4ccc(Cl)c(Cl)c4)c(=O)n3C)n2C1. The van der Waals surface area contributed by atoms with Crippen molar-refractivity contribution in [3.63, 3.8) is 0 Å². The van der Waals surface area contributed by atoms with E-state index in [0.717, 1.165) is 17.8 Å². The number of aryl methyl sites for hydroxylation is 1. The number of benzene rings is 2. The van der Waals surface area contributed by atoms with Crippen molar-refractivity contribution in [1.29, 1.82) is 0 Å². The molecule has 0 saturated heterocycles. The minimum atomic E-state index is -0.427. The van der Waals surface area contributed by atoms with Crippen molar-refractivity contribution in [3.8, 4) is 0 Å². The van der Waals surface area contributed by atoms with Crippen LogP contribution in [0.2, 0.25) is 10.0 Å². The quantitative estimate of drug-likeness (QED) is 0.454. The van der Waals surface area contributed by atoms with Gasteiger partial charge < -0.3 is 9.47 Å². The maximum Gasteiger partial charge on any atom is 0.332 e. The number of imidazole rings is 1. The highest BCUT2D eigenvalue weighted by Gasteiger charge is 2.29. The van der Waals surface area contributed by atoms with Gasteiger partial charge in [-0.15, -0.1) is 0 Å². The molecular weight excluding hydrogens is 449 g/mol. The highest BCUT2D eigenvalue weighted by molar-refractivity contribution is 6.42. The van der Waals surface area contributed by atoms with Crippen molar-refractivity contribution in [2.24, 2.45) is 13.0 Å². The summed E-state index contributed by atoms with van der Waals surface area (Å²) in [5.74, 6) is 0.962. The number of hydrogen-bond acceptors (Lipinski definition) is 4. The molecule has 2 aromatic heterocycles. The predicted octanol–water partition coefficient (Wildman–Crippen LogP) is 4.04. The van der Waals surface area contributed by atoms with Crippen LogP contribution in [0.3, 0.4) is 0 Å². The van der Waals surface area contributed by atoms with Crippen LogP contribution >= 0.6 is 23.2 Å². The average molecular weight is 470 g/mol. The number of halogens is 2. The van der Waals surface area contributed by atoms with Gasteiger partial charge in [-0.3, -0.25) is 13.9 Å². The molecule has 0 radical (unpaired) electrons. The van der Waals surface area contributed by atoms with Crippen LogP contribution in [0.25, 0.3) is 11.2 Å². The monoisotopic (exact) mass is 469 g/mol. The number of nitrogens with zero attached hydrogens (tertiary/aromatic N) is 5. The molecule has 0 spiro atoms. The third-order valence-corrected chi connectivity index (χ3v) is 6.57. The third kappa shape index (κ3) is 3.32. The second kappa shape index (κ2) is 7.83. The fourth-order valence-electron chi connectivity index (χ4n) is 4.29. The Morgan fingerprint density at radius 3 is 2.50 bits per heavy atom. The summed E-state index contributed by atoms with van der Waals surface area (Å²) in [5, 5.41) is 0.801. The van der Waals surface area contributed by atoms with E-state index < -0.39 is 5.69 Å². The van der Waals surface area contributed by atoms with Crippen molar-refractivity contribution < 1.29 is 0 Å². The van der Waals surface area contributed by atoms with E-state index in [4.69, 9.17) is 28.2 Å². The zero-order valence-corrected chi connectivity index (χ0v) is 19.1. The summed E-state index contributed by atoms with van der Waals surface area (Å²) >= 11 is 12.1. The highest BCUT2D eigenvalue weighted by atomic mass is 35.5. The van der Waals surface area contributed by atoms with Crippen molar-refractivity contribution in [3.05, 3.63) is 85.0 Å². The molecule has 9 heteroatoms. The minimum Gasteiger partial charge on any atom is -0.312 e. The first kappa shape index (κ1) is 20.8. The summed E-state index contributed by atoms with van der Waals surface area (Å²) in [7, 11) is 1.64. The minimum absolute atomic E-state index is 0.0940. The third-order valence-electron chi connectivity index (χ3n) is 5.83. The molecule has 1 aliphatic rings. The molecule has 0 saturated carbocycles. The first-order chi connectivity index (χ1) is 15.3. The molecule has 1 aliphatic heterocycles. The molecule has 2 aromatic carbocycles. The van der Waals surface area contributed by atoms with E-state index in [2.05, 4.69) is 11.8 Å². The van der Waals surface area contributed by atoms with E-state index in [1.54, 1.807) is 25.2 Å². The van der Waals surface area contributed by atoms with Crippen molar-refractivity contribution in [2.75, 3.05) is 11.4 Å². The molecular formula is C23H21Cl2N5O2. The topological polar surface area (TPSA) is 65.1 Å². The Labute approximate surface area is 194 Å². The normalized spacial score (nSPS) is 15.9. The first-order valence-corrected chi connectivity index (χ1v) is 11.1. The summed E-state index contributed by atoms with van der Waals surface area (Å²) < 4.78 is 4.60. The lowest BCUT2D eigenvalue weighted by Gasteiger charge is -2.32. The predicted molar refractivity (Wildman–Crippen MR) is 127 cm³/mol. The van der Waals surface area contributed by atoms with Gasteiger partial charge in [0.1, 0.15) is 0 Å². The van der Waals surface area contributed by atoms with Crippen LogP contribution < -0.4 is 16.1 Å². The Kier molecular flexibility index (Phi) is 5.10. The van der Waals surface area contributed by atoms with E-state index >= 15 is 0 Å². The molecule has 0 amide bonds. The van der Waals surface area contributed by atoms with Crippen LogP contribution in [0.5, 0.6) is 0 Å². The standard InChI is InChI=1S/C23H21Cl2N5O2/c1-14-11-28(16-6-4-3-5-7-16)22-26-20-19(29(22)12-14)21(31)30(23(32)27(20)2)13-15-8-9-17(24)18(25)10-15/h3-10,14H,11-13H2,1-2H3/t14-/m0/s1. The highest BCUT2D eigenvalue weighted by Crippen LogP contribution is 2.32. The largest absolute Gasteiger partial charge is 0.332 e. The summed E-state index contributed by atoms with van der Waals surface area (Å²) in [5.41, 5.74) is 1.73. The van der Waals surface area contributed by atoms with Gasteiger partial charge in [-0.25, -0.2) is 4.79 Å². The molecule has 4 aromatic rings. The Bertz CT molecular complexity index is 1460. The summed E-state index contributed by atoms with van der Waals surface area (Å²) in [4.78, 5) is 33.5. The maximum atomic E-state index is 13.6. The van der Waals surface area contributed by atoms with Gasteiger partial charge in [-0.1, -0.05) is 54.4 Å². The Hall–Kier alpha value is -3.03. The van der Waals surface area contributed by atoms with Crippen LogP contribution in [-0.4, -0.2) is 25.2 Å². The van der Waals surface area contributed by atoms with Gasteiger partial charge in [-0.2, -0.15) is 4.98 Å². The van der Waals surface area contributed by atoms with E-state index in [1.807, 2.05) is 34.9 Å². The number of rotatable bonds is 3. The number of aromatic nitrogens is 4. The van der Waals surface area contributed by atoms with E-state index in [9.17, 15) is 9.59 Å². The lowest BCUT2D eigenvalue weighted by atomic mass is 10.1. The number of hydrogen-bond donors (Lipinski definition) is 0. The van der Waals surface area contributed by atoms with Gasteiger partial charge in [0, 0.05) is 25.8 Å². The lowest BCUT2D eigenvalue weighted by Crippen LogP contribution is -2.40. The van der Waals surface area contributed by atoms with Crippen molar-refractivity contribution in [2.45, 2.75) is 20.0 Å². The number of anilines is 2. The Balaban J connectivity index is 1.71. The molecule has 0 N–H and O–H groups in total. The molecule has 0 bridgehead atoms. The molecule has 3 heterocycles. The molecule has 1 atom stereocenters. The van der Waals surface area contributed by atoms with Crippen LogP contribution in [0.15, 0.2) is 58.1 Å². The van der Waals surface area contributed by atoms with Gasteiger partial charge >= 0.3 is 5.69 Å². The molecule has 0 aliphatic carbocycles. The lowest BCUT2D eigenvalue weighted by molar-refractivity contribution is 0.458. The number of para-hydroxylation sites is 1. The fourth-order valence-corrected chi connectivity index (χ4v) is 4.61. The smallest absolute Gasteiger partial charge is 0.312 e. The molecule has 7 nitrogen and oxygen atoms in total. The summed E-state index contributed by atoms with van der Waals surface area (Å²) in [6.07, 6.45) is 0. The van der Waals surface area contributed by atoms with E-state index in [-0.39, 0.29) is 12.1 Å². The van der Waals surface area contributed by atoms with Gasteiger partial charge in [0.2, 0.25) is 5.95 Å². The summed E-state index contributed by atoms with van der Waals surface area (Å²) in [6, 6.07) is 15.0. The van der Waals surface area contributed by atoms with E-state index in [1.165, 1.54) is 9.13 Å². The van der Waals surface area contributed by atoms with Gasteiger partial charge in [0.25, 0.3) is 5.56 Å². The van der Waals surface area contributed by atoms with Crippen LogP contribution in [0.1, 0.15) is 12.5 Å². The molecule has 164 valence electrons. The van der Waals surface area contributed by atoms with Crippen LogP contribution in [0.4, 0.5) is 11.6 Å². The van der Waals surface area contributed by atoms with Crippen LogP contribution in [-0.2, 0) is 20.1 Å². The molecule has 32 heavy (non-hydrogen) atoms. The van der Waals surface area contributed by atoms with Gasteiger partial charge in [-0.05, 0) is 35.7 Å². The molecule has 0 fully saturated rings. The molecule has 0 unspecified atom stereocenters. The average Bonchev–Trinajstić information content (AvgIpc) is 3.17. The van der Waals surface area contributed by atoms with Crippen LogP contribution in [0, 0.1) is 5.92 Å². The zero-order chi connectivity index (χ0) is 22.6. The van der Waals surface area contributed by atoms with Gasteiger partial charge in [0.15, 0.2) is 11.2 Å². The van der Waals surface area contributed by atoms with Crippen molar-refractivity contribution in [1.82, 2.24) is 18.7 Å². The number of fused-ring (bicyclic) bond motifs is 3. The zero-order valence-electron chi connectivity index (χ0n) is 17.6. The second-order valence-electron chi connectivity index (χ2n) is 8.23. The first-order valence-electron chi connectivity index (χ1n) is 10.3. The maximum absolute atomic E-state index is 13.6.